The lowest BCUT2D eigenvalue weighted by Crippen LogP contribution is -2.21. The number of aromatic nitrogens is 2. The van der Waals surface area contributed by atoms with Crippen molar-refractivity contribution in [1.29, 1.82) is 0 Å². The van der Waals surface area contributed by atoms with Crippen molar-refractivity contribution in [1.82, 2.24) is 10.1 Å². The van der Waals surface area contributed by atoms with Crippen molar-refractivity contribution in [2.45, 2.75) is 58.5 Å². The molecule has 2 aromatic carbocycles. The van der Waals surface area contributed by atoms with E-state index in [-0.39, 0.29) is 0 Å². The number of ether oxygens (including phenoxy) is 1. The molecule has 3 aromatic rings. The first-order valence-electron chi connectivity index (χ1n) is 11.9. The second-order valence-electron chi connectivity index (χ2n) is 9.76. The molecule has 0 atom stereocenters. The van der Waals surface area contributed by atoms with Crippen LogP contribution in [0, 0.1) is 11.3 Å². The number of carbonyl (C=O) groups is 1. The standard InChI is InChI=1S/C25H30N2O2.C2HF3O2/c1-25(2)14-12-19(13-15-25)5-4-16-28-23-10-8-20(9-11-23)21-6-3-7-22(17-21)24-26-18-29-27-24;3-2(4,5)1(6)7/h3,6-11,17-19H,4-5,12-16H2,1-2H3;(H,6,7). The Hall–Kier alpha value is -3.36. The van der Waals surface area contributed by atoms with E-state index in [0.717, 1.165) is 41.4 Å². The van der Waals surface area contributed by atoms with Crippen molar-refractivity contribution >= 4 is 5.97 Å². The van der Waals surface area contributed by atoms with Gasteiger partial charge in [-0.2, -0.15) is 18.2 Å². The number of halogens is 3. The molecule has 1 fully saturated rings. The molecule has 0 radical (unpaired) electrons. The van der Waals surface area contributed by atoms with E-state index in [1.54, 1.807) is 0 Å². The van der Waals surface area contributed by atoms with E-state index in [0.29, 0.717) is 11.2 Å². The van der Waals surface area contributed by atoms with Gasteiger partial charge in [-0.3, -0.25) is 0 Å². The maximum atomic E-state index is 10.6. The van der Waals surface area contributed by atoms with Gasteiger partial charge in [-0.15, -0.1) is 0 Å². The van der Waals surface area contributed by atoms with Gasteiger partial charge < -0.3 is 14.4 Å². The molecular weight excluding hydrogens is 473 g/mol. The molecule has 1 aromatic heterocycles. The van der Waals surface area contributed by atoms with E-state index in [1.807, 2.05) is 12.1 Å². The van der Waals surface area contributed by atoms with Crippen molar-refractivity contribution in [2.24, 2.45) is 11.3 Å². The van der Waals surface area contributed by atoms with Gasteiger partial charge in [0.05, 0.1) is 6.61 Å². The molecule has 4 rings (SSSR count). The van der Waals surface area contributed by atoms with Crippen LogP contribution < -0.4 is 4.74 Å². The number of aliphatic carboxylic acids is 1. The molecule has 1 aliphatic carbocycles. The van der Waals surface area contributed by atoms with Gasteiger partial charge in [0, 0.05) is 5.56 Å². The van der Waals surface area contributed by atoms with E-state index in [9.17, 15) is 13.2 Å². The zero-order valence-corrected chi connectivity index (χ0v) is 20.4. The van der Waals surface area contributed by atoms with Crippen LogP contribution in [0.15, 0.2) is 59.4 Å². The fourth-order valence-corrected chi connectivity index (χ4v) is 4.19. The average molecular weight is 505 g/mol. The monoisotopic (exact) mass is 504 g/mol. The number of nitrogens with zero attached hydrogens (tertiary/aromatic N) is 2. The summed E-state index contributed by atoms with van der Waals surface area (Å²) in [5.41, 5.74) is 3.77. The average Bonchev–Trinajstić information content (AvgIpc) is 3.38. The fraction of sp³-hybridized carbons (Fsp3) is 0.444. The van der Waals surface area contributed by atoms with Crippen LogP contribution in [0.4, 0.5) is 13.2 Å². The van der Waals surface area contributed by atoms with Crippen LogP contribution in [0.1, 0.15) is 52.4 Å². The third kappa shape index (κ3) is 8.39. The quantitative estimate of drug-likeness (QED) is 0.337. The van der Waals surface area contributed by atoms with Crippen molar-refractivity contribution < 1.29 is 32.3 Å². The Kier molecular flexibility index (Phi) is 9.12. The van der Waals surface area contributed by atoms with Crippen LogP contribution in [0.5, 0.6) is 5.75 Å². The predicted molar refractivity (Wildman–Crippen MR) is 129 cm³/mol. The maximum Gasteiger partial charge on any atom is 0.490 e. The molecule has 1 N–H and O–H groups in total. The highest BCUT2D eigenvalue weighted by molar-refractivity contribution is 5.73. The van der Waals surface area contributed by atoms with Gasteiger partial charge >= 0.3 is 12.1 Å². The first-order valence-corrected chi connectivity index (χ1v) is 11.9. The maximum absolute atomic E-state index is 10.6. The van der Waals surface area contributed by atoms with Crippen molar-refractivity contribution in [3.63, 3.8) is 0 Å². The fourth-order valence-electron chi connectivity index (χ4n) is 4.19. The number of carboxylic acid groups (broad SMARTS) is 1. The highest BCUT2D eigenvalue weighted by Gasteiger charge is 2.38. The molecule has 6 nitrogen and oxygen atoms in total. The third-order valence-corrected chi connectivity index (χ3v) is 6.40. The lowest BCUT2D eigenvalue weighted by molar-refractivity contribution is -0.192. The summed E-state index contributed by atoms with van der Waals surface area (Å²) in [4.78, 5) is 13.0. The number of hydrogen-bond donors (Lipinski definition) is 1. The van der Waals surface area contributed by atoms with E-state index < -0.39 is 12.1 Å². The summed E-state index contributed by atoms with van der Waals surface area (Å²) in [5.74, 6) is -0.325. The molecule has 1 aliphatic rings. The molecule has 1 heterocycles. The van der Waals surface area contributed by atoms with Crippen LogP contribution in [-0.2, 0) is 4.79 Å². The van der Waals surface area contributed by atoms with Gasteiger partial charge in [-0.25, -0.2) is 4.79 Å². The molecule has 9 heteroatoms. The first-order chi connectivity index (χ1) is 17.0. The molecule has 0 saturated heterocycles. The predicted octanol–water partition coefficient (Wildman–Crippen LogP) is 7.41. The van der Waals surface area contributed by atoms with Gasteiger partial charge in [-0.05, 0) is 79.2 Å². The van der Waals surface area contributed by atoms with Crippen molar-refractivity contribution in [3.05, 3.63) is 54.9 Å². The molecule has 0 unspecified atom stereocenters. The Bertz CT molecular complexity index is 1090. The third-order valence-electron chi connectivity index (χ3n) is 6.40. The van der Waals surface area contributed by atoms with E-state index in [4.69, 9.17) is 19.2 Å². The van der Waals surface area contributed by atoms with Gasteiger partial charge in [0.1, 0.15) is 5.75 Å². The number of benzene rings is 2. The second kappa shape index (κ2) is 12.1. The summed E-state index contributed by atoms with van der Waals surface area (Å²) in [6.07, 6.45) is 4.19. The van der Waals surface area contributed by atoms with E-state index in [1.165, 1.54) is 38.5 Å². The Morgan fingerprint density at radius 1 is 1.08 bits per heavy atom. The van der Waals surface area contributed by atoms with Crippen LogP contribution in [-0.4, -0.2) is 34.0 Å². The first kappa shape index (κ1) is 27.2. The molecule has 0 bridgehead atoms. The van der Waals surface area contributed by atoms with Crippen LogP contribution in [0.25, 0.3) is 22.5 Å². The summed E-state index contributed by atoms with van der Waals surface area (Å²) in [6, 6.07) is 16.5. The molecule has 194 valence electrons. The number of alkyl halides is 3. The molecular formula is C27H31F3N2O4. The zero-order chi connectivity index (χ0) is 26.2. The van der Waals surface area contributed by atoms with Crippen LogP contribution in [0.3, 0.4) is 0 Å². The molecule has 36 heavy (non-hydrogen) atoms. The van der Waals surface area contributed by atoms with Crippen molar-refractivity contribution in [2.75, 3.05) is 6.61 Å². The number of hydrogen-bond acceptors (Lipinski definition) is 5. The summed E-state index contributed by atoms with van der Waals surface area (Å²) in [7, 11) is 0. The van der Waals surface area contributed by atoms with Crippen LogP contribution in [0.2, 0.25) is 0 Å². The van der Waals surface area contributed by atoms with Gasteiger partial charge in [0.25, 0.3) is 0 Å². The van der Waals surface area contributed by atoms with Crippen molar-refractivity contribution in [3.8, 4) is 28.3 Å². The van der Waals surface area contributed by atoms with Gasteiger partial charge in [0.15, 0.2) is 0 Å². The van der Waals surface area contributed by atoms with Gasteiger partial charge in [0.2, 0.25) is 12.2 Å². The normalized spacial score (nSPS) is 15.6. The second-order valence-corrected chi connectivity index (χ2v) is 9.76. The molecule has 0 amide bonds. The molecule has 0 spiro atoms. The summed E-state index contributed by atoms with van der Waals surface area (Å²) < 4.78 is 42.6. The summed E-state index contributed by atoms with van der Waals surface area (Å²) >= 11 is 0. The SMILES string of the molecule is CC1(C)CCC(CCCOc2ccc(-c3cccc(-c4ncon4)c3)cc2)CC1.O=C(O)C(F)(F)F. The van der Waals surface area contributed by atoms with Crippen LogP contribution >= 0.6 is 0 Å². The van der Waals surface area contributed by atoms with Gasteiger partial charge in [-0.1, -0.05) is 49.3 Å². The largest absolute Gasteiger partial charge is 0.494 e. The minimum Gasteiger partial charge on any atom is -0.494 e. The Labute approximate surface area is 208 Å². The zero-order valence-electron chi connectivity index (χ0n) is 20.4. The topological polar surface area (TPSA) is 85.5 Å². The summed E-state index contributed by atoms with van der Waals surface area (Å²) in [5, 5.41) is 11.0. The minimum atomic E-state index is -5.08. The lowest BCUT2D eigenvalue weighted by atomic mass is 9.72. The minimum absolute atomic E-state index is 0.555. The van der Waals surface area contributed by atoms with E-state index in [2.05, 4.69) is 60.4 Å². The Balaban J connectivity index is 0.000000454. The number of rotatable bonds is 7. The summed E-state index contributed by atoms with van der Waals surface area (Å²) in [6.45, 7) is 5.60. The highest BCUT2D eigenvalue weighted by Crippen LogP contribution is 2.39. The Morgan fingerprint density at radius 3 is 2.31 bits per heavy atom. The smallest absolute Gasteiger partial charge is 0.490 e. The van der Waals surface area contributed by atoms with E-state index >= 15 is 0 Å². The Morgan fingerprint density at radius 2 is 1.72 bits per heavy atom. The number of carboxylic acids is 1. The lowest BCUT2D eigenvalue weighted by Gasteiger charge is -2.34. The highest BCUT2D eigenvalue weighted by atomic mass is 19.4. The molecule has 1 saturated carbocycles. The molecule has 0 aliphatic heterocycles.